The second-order valence-electron chi connectivity index (χ2n) is 8.88. The zero-order chi connectivity index (χ0) is 24.5. The van der Waals surface area contributed by atoms with Gasteiger partial charge in [0.1, 0.15) is 18.2 Å². The molecule has 1 unspecified atom stereocenters. The van der Waals surface area contributed by atoms with Gasteiger partial charge in [-0.25, -0.2) is 4.79 Å². The summed E-state index contributed by atoms with van der Waals surface area (Å²) in [6.07, 6.45) is 5.26. The van der Waals surface area contributed by atoms with Crippen molar-refractivity contribution in [3.05, 3.63) is 95.9 Å². The van der Waals surface area contributed by atoms with Gasteiger partial charge >= 0.3 is 5.97 Å². The van der Waals surface area contributed by atoms with E-state index in [-0.39, 0.29) is 24.7 Å². The van der Waals surface area contributed by atoms with Crippen LogP contribution < -0.4 is 10.6 Å². The summed E-state index contributed by atoms with van der Waals surface area (Å²) in [5.41, 5.74) is 0.642. The molecule has 1 aliphatic rings. The SMILES string of the molecule is O=C(NC1(C(=O)NC(Cc2ccccc2)C(=O)OCc2ccccc2)CCCCC1)c1ccco1. The van der Waals surface area contributed by atoms with Crippen LogP contribution in [0.1, 0.15) is 53.8 Å². The third-order valence-corrected chi connectivity index (χ3v) is 6.34. The highest BCUT2D eigenvalue weighted by atomic mass is 16.5. The Balaban J connectivity index is 1.51. The maximum atomic E-state index is 13.6. The molecule has 1 heterocycles. The molecular formula is C28H30N2O5. The summed E-state index contributed by atoms with van der Waals surface area (Å²) in [5.74, 6) is -1.20. The van der Waals surface area contributed by atoms with Crippen LogP contribution in [-0.4, -0.2) is 29.4 Å². The van der Waals surface area contributed by atoms with Crippen LogP contribution in [0.5, 0.6) is 0 Å². The van der Waals surface area contributed by atoms with Crippen LogP contribution >= 0.6 is 0 Å². The highest BCUT2D eigenvalue weighted by molar-refractivity contribution is 5.98. The fourth-order valence-corrected chi connectivity index (χ4v) is 4.42. The number of ether oxygens (including phenoxy) is 1. The first kappa shape index (κ1) is 24.3. The summed E-state index contributed by atoms with van der Waals surface area (Å²) in [7, 11) is 0. The van der Waals surface area contributed by atoms with Crippen molar-refractivity contribution in [2.75, 3.05) is 0 Å². The lowest BCUT2D eigenvalue weighted by atomic mass is 9.80. The van der Waals surface area contributed by atoms with Crippen molar-refractivity contribution in [1.29, 1.82) is 0 Å². The van der Waals surface area contributed by atoms with Gasteiger partial charge in [0.25, 0.3) is 5.91 Å². The van der Waals surface area contributed by atoms with Crippen LogP contribution in [0.15, 0.2) is 83.5 Å². The number of hydrogen-bond donors (Lipinski definition) is 2. The summed E-state index contributed by atoms with van der Waals surface area (Å²) >= 11 is 0. The Morgan fingerprint density at radius 3 is 2.14 bits per heavy atom. The first-order valence-corrected chi connectivity index (χ1v) is 12.0. The van der Waals surface area contributed by atoms with E-state index in [9.17, 15) is 14.4 Å². The largest absolute Gasteiger partial charge is 0.459 e. The van der Waals surface area contributed by atoms with Crippen molar-refractivity contribution in [2.45, 2.75) is 56.7 Å². The van der Waals surface area contributed by atoms with Crippen LogP contribution in [0.3, 0.4) is 0 Å². The number of carbonyl (C=O) groups excluding carboxylic acids is 3. The van der Waals surface area contributed by atoms with Crippen LogP contribution in [0.4, 0.5) is 0 Å². The van der Waals surface area contributed by atoms with Crippen LogP contribution in [0, 0.1) is 0 Å². The smallest absolute Gasteiger partial charge is 0.329 e. The highest BCUT2D eigenvalue weighted by Gasteiger charge is 2.43. The second-order valence-corrected chi connectivity index (χ2v) is 8.88. The molecule has 1 fully saturated rings. The molecule has 1 aromatic heterocycles. The van der Waals surface area contributed by atoms with E-state index in [0.29, 0.717) is 12.8 Å². The third-order valence-electron chi connectivity index (χ3n) is 6.34. The Labute approximate surface area is 204 Å². The van der Waals surface area contributed by atoms with Crippen molar-refractivity contribution < 1.29 is 23.5 Å². The van der Waals surface area contributed by atoms with Gasteiger partial charge in [0, 0.05) is 6.42 Å². The third kappa shape index (κ3) is 6.38. The van der Waals surface area contributed by atoms with Gasteiger partial charge in [0.05, 0.1) is 6.26 Å². The lowest BCUT2D eigenvalue weighted by Gasteiger charge is -2.37. The van der Waals surface area contributed by atoms with Crippen molar-refractivity contribution in [2.24, 2.45) is 0 Å². The molecule has 182 valence electrons. The Bertz CT molecular complexity index is 1110. The number of nitrogens with one attached hydrogen (secondary N) is 2. The van der Waals surface area contributed by atoms with Crippen molar-refractivity contribution in [3.63, 3.8) is 0 Å². The van der Waals surface area contributed by atoms with Crippen molar-refractivity contribution in [3.8, 4) is 0 Å². The first-order chi connectivity index (χ1) is 17.1. The molecule has 2 aromatic carbocycles. The van der Waals surface area contributed by atoms with Gasteiger partial charge in [-0.3, -0.25) is 9.59 Å². The molecule has 7 nitrogen and oxygen atoms in total. The predicted molar refractivity (Wildman–Crippen MR) is 130 cm³/mol. The molecule has 0 spiro atoms. The molecule has 1 saturated carbocycles. The fourth-order valence-electron chi connectivity index (χ4n) is 4.42. The van der Waals surface area contributed by atoms with E-state index in [2.05, 4.69) is 10.6 Å². The number of furan rings is 1. The summed E-state index contributed by atoms with van der Waals surface area (Å²) in [6, 6.07) is 21.1. The molecule has 1 atom stereocenters. The molecule has 0 aliphatic heterocycles. The normalized spacial score (nSPS) is 15.5. The summed E-state index contributed by atoms with van der Waals surface area (Å²) in [4.78, 5) is 39.5. The van der Waals surface area contributed by atoms with Gasteiger partial charge in [-0.05, 0) is 36.1 Å². The number of hydrogen-bond acceptors (Lipinski definition) is 5. The number of carbonyl (C=O) groups is 3. The molecule has 7 heteroatoms. The van der Waals surface area contributed by atoms with Gasteiger partial charge in [-0.2, -0.15) is 0 Å². The Hall–Kier alpha value is -3.87. The van der Waals surface area contributed by atoms with Crippen LogP contribution in [0.25, 0.3) is 0 Å². The maximum Gasteiger partial charge on any atom is 0.329 e. The number of amides is 2. The minimum Gasteiger partial charge on any atom is -0.459 e. The summed E-state index contributed by atoms with van der Waals surface area (Å²) in [5, 5.41) is 5.81. The Kier molecular flexibility index (Phi) is 7.98. The van der Waals surface area contributed by atoms with E-state index in [1.807, 2.05) is 60.7 Å². The summed E-state index contributed by atoms with van der Waals surface area (Å²) in [6.45, 7) is 0.112. The van der Waals surface area contributed by atoms with Crippen molar-refractivity contribution in [1.82, 2.24) is 10.6 Å². The first-order valence-electron chi connectivity index (χ1n) is 12.0. The molecule has 4 rings (SSSR count). The Morgan fingerprint density at radius 1 is 0.857 bits per heavy atom. The zero-order valence-electron chi connectivity index (χ0n) is 19.6. The fraction of sp³-hybridized carbons (Fsp3) is 0.321. The standard InChI is InChI=1S/C28H30N2O5/c31-25(24-15-10-18-34-24)30-28(16-8-3-9-17-28)27(33)29-23(19-21-11-4-1-5-12-21)26(32)35-20-22-13-6-2-7-14-22/h1-2,4-7,10-15,18,23H,3,8-9,16-17,19-20H2,(H,29,33)(H,30,31). The van der Waals surface area contributed by atoms with Gasteiger partial charge in [0.2, 0.25) is 5.91 Å². The van der Waals surface area contributed by atoms with Gasteiger partial charge < -0.3 is 19.8 Å². The molecule has 2 N–H and O–H groups in total. The molecule has 0 saturated heterocycles. The minimum absolute atomic E-state index is 0.112. The predicted octanol–water partition coefficient (Wildman–Crippen LogP) is 4.18. The monoisotopic (exact) mass is 474 g/mol. The molecule has 35 heavy (non-hydrogen) atoms. The van der Waals surface area contributed by atoms with Gasteiger partial charge in [0.15, 0.2) is 5.76 Å². The topological polar surface area (TPSA) is 97.6 Å². The summed E-state index contributed by atoms with van der Waals surface area (Å²) < 4.78 is 10.8. The molecule has 1 aliphatic carbocycles. The van der Waals surface area contributed by atoms with Gasteiger partial charge in [-0.15, -0.1) is 0 Å². The minimum atomic E-state index is -1.11. The van der Waals surface area contributed by atoms with Gasteiger partial charge in [-0.1, -0.05) is 79.9 Å². The average Bonchev–Trinajstić information content (AvgIpc) is 3.44. The second kappa shape index (κ2) is 11.5. The van der Waals surface area contributed by atoms with Crippen LogP contribution in [0.2, 0.25) is 0 Å². The zero-order valence-corrected chi connectivity index (χ0v) is 19.6. The lowest BCUT2D eigenvalue weighted by molar-refractivity contribution is -0.150. The molecule has 2 amide bonds. The van der Waals surface area contributed by atoms with E-state index in [1.165, 1.54) is 6.26 Å². The molecular weight excluding hydrogens is 444 g/mol. The highest BCUT2D eigenvalue weighted by Crippen LogP contribution is 2.29. The number of benzene rings is 2. The van der Waals surface area contributed by atoms with E-state index in [0.717, 1.165) is 30.4 Å². The maximum absolute atomic E-state index is 13.6. The lowest BCUT2D eigenvalue weighted by Crippen LogP contribution is -2.62. The molecule has 0 radical (unpaired) electrons. The van der Waals surface area contributed by atoms with Crippen molar-refractivity contribution >= 4 is 17.8 Å². The van der Waals surface area contributed by atoms with E-state index >= 15 is 0 Å². The molecule has 0 bridgehead atoms. The molecule has 3 aromatic rings. The van der Waals surface area contributed by atoms with E-state index in [1.54, 1.807) is 12.1 Å². The Morgan fingerprint density at radius 2 is 1.51 bits per heavy atom. The van der Waals surface area contributed by atoms with Crippen LogP contribution in [-0.2, 0) is 27.4 Å². The average molecular weight is 475 g/mol. The van der Waals surface area contributed by atoms with E-state index < -0.39 is 23.5 Å². The quantitative estimate of drug-likeness (QED) is 0.454. The number of rotatable bonds is 9. The number of esters is 1. The van der Waals surface area contributed by atoms with E-state index in [4.69, 9.17) is 9.15 Å².